The van der Waals surface area contributed by atoms with E-state index in [4.69, 9.17) is 9.15 Å². The van der Waals surface area contributed by atoms with E-state index in [1.165, 1.54) is 16.5 Å². The van der Waals surface area contributed by atoms with Crippen molar-refractivity contribution < 1.29 is 19.1 Å². The molecule has 0 aliphatic heterocycles. The van der Waals surface area contributed by atoms with Crippen LogP contribution in [0.1, 0.15) is 57.1 Å². The van der Waals surface area contributed by atoms with Crippen molar-refractivity contribution in [3.63, 3.8) is 0 Å². The minimum atomic E-state index is -0.712. The summed E-state index contributed by atoms with van der Waals surface area (Å²) in [4.78, 5) is 21.3. The molecule has 2 aromatic carbocycles. The highest BCUT2D eigenvalue weighted by Gasteiger charge is 2.22. The number of carbonyl (C=O) groups is 1. The maximum absolute atomic E-state index is 13.9. The number of H-pyrrole nitrogens is 1. The molecule has 4 aromatic rings. The monoisotopic (exact) mass is 573 g/mol. The van der Waals surface area contributed by atoms with Gasteiger partial charge in [0, 0.05) is 43.3 Å². The van der Waals surface area contributed by atoms with E-state index in [0.29, 0.717) is 38.7 Å². The van der Waals surface area contributed by atoms with Gasteiger partial charge in [-0.1, -0.05) is 77.1 Å². The zero-order chi connectivity index (χ0) is 30.1. The average Bonchev–Trinajstić information content (AvgIpc) is 3.60. The van der Waals surface area contributed by atoms with Crippen LogP contribution in [0.4, 0.5) is 0 Å². The molecule has 0 aliphatic rings. The molecule has 1 atom stereocenters. The van der Waals surface area contributed by atoms with Crippen molar-refractivity contribution in [1.82, 2.24) is 14.8 Å². The number of nitrogens with zero attached hydrogens (tertiary/aromatic N) is 2. The number of fused-ring (bicyclic) bond motifs is 1. The van der Waals surface area contributed by atoms with Crippen LogP contribution in [-0.2, 0) is 34.5 Å². The number of aromatic amines is 1. The number of aliphatic hydroxyl groups excluding tert-OH is 1. The van der Waals surface area contributed by atoms with Crippen LogP contribution in [0.25, 0.3) is 10.9 Å². The highest BCUT2D eigenvalue weighted by Crippen LogP contribution is 2.23. The lowest BCUT2D eigenvalue weighted by Gasteiger charge is -2.30. The number of ether oxygens (including phenoxy) is 1. The van der Waals surface area contributed by atoms with Gasteiger partial charge in [-0.25, -0.2) is 0 Å². The fraction of sp³-hybridized carbons (Fsp3) is 0.457. The van der Waals surface area contributed by atoms with Crippen molar-refractivity contribution >= 4 is 16.8 Å². The molecule has 2 aromatic heterocycles. The smallest absolute Gasteiger partial charge is 0.237 e. The van der Waals surface area contributed by atoms with E-state index in [2.05, 4.69) is 87.1 Å². The normalized spacial score (nSPS) is 12.9. The Morgan fingerprint density at radius 3 is 2.48 bits per heavy atom. The first kappa shape index (κ1) is 31.5. The predicted octanol–water partition coefficient (Wildman–Crippen LogP) is 6.17. The number of para-hydroxylation sites is 1. The van der Waals surface area contributed by atoms with Crippen molar-refractivity contribution in [2.24, 2.45) is 5.92 Å². The van der Waals surface area contributed by atoms with Gasteiger partial charge in [-0.15, -0.1) is 0 Å². The Morgan fingerprint density at radius 1 is 1.02 bits per heavy atom. The maximum Gasteiger partial charge on any atom is 0.237 e. The SMILES string of the molecule is CC(C)CN(CC(=O)N(CCc1c[nH]c2ccccc12)Cc1ccc(C(C)(C)C)cc1)CC(O)COCc1ccco1. The van der Waals surface area contributed by atoms with Gasteiger partial charge in [-0.05, 0) is 52.6 Å². The number of amides is 1. The van der Waals surface area contributed by atoms with Crippen LogP contribution in [0.5, 0.6) is 0 Å². The number of furan rings is 1. The topological polar surface area (TPSA) is 81.9 Å². The van der Waals surface area contributed by atoms with Crippen LogP contribution in [0.2, 0.25) is 0 Å². The molecule has 1 amide bonds. The van der Waals surface area contributed by atoms with Crippen molar-refractivity contribution in [3.05, 3.63) is 95.6 Å². The molecule has 0 radical (unpaired) electrons. The Morgan fingerprint density at radius 2 is 1.79 bits per heavy atom. The van der Waals surface area contributed by atoms with Crippen molar-refractivity contribution in [1.29, 1.82) is 0 Å². The fourth-order valence-electron chi connectivity index (χ4n) is 5.27. The predicted molar refractivity (Wildman–Crippen MR) is 168 cm³/mol. The number of carbonyl (C=O) groups excluding carboxylic acids is 1. The van der Waals surface area contributed by atoms with Crippen LogP contribution in [0.3, 0.4) is 0 Å². The first-order valence-electron chi connectivity index (χ1n) is 15.0. The number of aromatic nitrogens is 1. The Hall–Kier alpha value is -3.39. The summed E-state index contributed by atoms with van der Waals surface area (Å²) in [5.74, 6) is 1.12. The third-order valence-corrected chi connectivity index (χ3v) is 7.46. The third kappa shape index (κ3) is 9.31. The van der Waals surface area contributed by atoms with Gasteiger partial charge in [0.05, 0.1) is 25.5 Å². The lowest BCUT2D eigenvalue weighted by atomic mass is 9.87. The molecule has 0 spiro atoms. The molecule has 2 N–H and O–H groups in total. The third-order valence-electron chi connectivity index (χ3n) is 7.46. The largest absolute Gasteiger partial charge is 0.467 e. The molecule has 2 heterocycles. The van der Waals surface area contributed by atoms with Crippen molar-refractivity contribution in [2.45, 2.75) is 65.7 Å². The summed E-state index contributed by atoms with van der Waals surface area (Å²) in [6.45, 7) is 13.8. The van der Waals surface area contributed by atoms with Gasteiger partial charge >= 0.3 is 0 Å². The summed E-state index contributed by atoms with van der Waals surface area (Å²) >= 11 is 0. The minimum Gasteiger partial charge on any atom is -0.467 e. The molecule has 1 unspecified atom stereocenters. The Balaban J connectivity index is 1.44. The van der Waals surface area contributed by atoms with E-state index >= 15 is 0 Å². The number of rotatable bonds is 15. The van der Waals surface area contributed by atoms with Gasteiger partial charge in [0.25, 0.3) is 0 Å². The molecule has 4 rings (SSSR count). The zero-order valence-electron chi connectivity index (χ0n) is 25.8. The molecule has 42 heavy (non-hydrogen) atoms. The van der Waals surface area contributed by atoms with E-state index in [0.717, 1.165) is 23.3 Å². The van der Waals surface area contributed by atoms with Gasteiger partial charge in [0.1, 0.15) is 12.4 Å². The molecule has 0 aliphatic carbocycles. The number of nitrogens with one attached hydrogen (secondary N) is 1. The Bertz CT molecular complexity index is 1370. The molecular formula is C35H47N3O4. The highest BCUT2D eigenvalue weighted by atomic mass is 16.5. The molecule has 0 saturated carbocycles. The van der Waals surface area contributed by atoms with Gasteiger partial charge in [-0.2, -0.15) is 0 Å². The summed E-state index contributed by atoms with van der Waals surface area (Å²) in [5.41, 5.74) is 4.76. The van der Waals surface area contributed by atoms with Gasteiger partial charge in [0.2, 0.25) is 5.91 Å². The second-order valence-electron chi connectivity index (χ2n) is 12.7. The van der Waals surface area contributed by atoms with Gasteiger partial charge in [-0.3, -0.25) is 9.69 Å². The first-order valence-corrected chi connectivity index (χ1v) is 15.0. The van der Waals surface area contributed by atoms with E-state index in [1.807, 2.05) is 29.2 Å². The maximum atomic E-state index is 13.9. The van der Waals surface area contributed by atoms with Crippen LogP contribution in [-0.4, -0.2) is 64.7 Å². The lowest BCUT2D eigenvalue weighted by Crippen LogP contribution is -2.45. The second-order valence-corrected chi connectivity index (χ2v) is 12.7. The highest BCUT2D eigenvalue weighted by molar-refractivity contribution is 5.83. The summed E-state index contributed by atoms with van der Waals surface area (Å²) < 4.78 is 11.0. The molecule has 0 bridgehead atoms. The van der Waals surface area contributed by atoms with Crippen LogP contribution in [0.15, 0.2) is 77.5 Å². The zero-order valence-corrected chi connectivity index (χ0v) is 25.8. The van der Waals surface area contributed by atoms with Crippen molar-refractivity contribution in [2.75, 3.05) is 32.8 Å². The van der Waals surface area contributed by atoms with E-state index < -0.39 is 6.10 Å². The summed E-state index contributed by atoms with van der Waals surface area (Å²) in [5, 5.41) is 11.9. The summed E-state index contributed by atoms with van der Waals surface area (Å²) in [7, 11) is 0. The number of aliphatic hydroxyl groups is 1. The van der Waals surface area contributed by atoms with E-state index in [1.54, 1.807) is 6.26 Å². The summed E-state index contributed by atoms with van der Waals surface area (Å²) in [6, 6.07) is 20.5. The molecule has 0 fully saturated rings. The lowest BCUT2D eigenvalue weighted by molar-refractivity contribution is -0.133. The van der Waals surface area contributed by atoms with E-state index in [-0.39, 0.29) is 24.5 Å². The van der Waals surface area contributed by atoms with Gasteiger partial charge in [0.15, 0.2) is 0 Å². The quantitative estimate of drug-likeness (QED) is 0.178. The average molecular weight is 574 g/mol. The standard InChI is InChI=1S/C35H47N3O4/c1-26(2)20-37(22-30(39)24-41-25-31-9-8-18-42-31)23-34(40)38(21-27-12-14-29(15-13-27)35(3,4)5)17-16-28-19-36-33-11-7-6-10-32(28)33/h6-15,18-19,26,30,36,39H,16-17,20-25H2,1-5H3. The van der Waals surface area contributed by atoms with Crippen LogP contribution in [0, 0.1) is 5.92 Å². The number of benzene rings is 2. The van der Waals surface area contributed by atoms with E-state index in [9.17, 15) is 9.90 Å². The summed E-state index contributed by atoms with van der Waals surface area (Å²) in [6.07, 6.45) is 3.70. The molecular weight excluding hydrogens is 526 g/mol. The molecule has 7 nitrogen and oxygen atoms in total. The molecule has 7 heteroatoms. The van der Waals surface area contributed by atoms with Crippen LogP contribution >= 0.6 is 0 Å². The van der Waals surface area contributed by atoms with Crippen LogP contribution < -0.4 is 0 Å². The Kier molecular flexibility index (Phi) is 11.0. The molecule has 226 valence electrons. The first-order chi connectivity index (χ1) is 20.1. The second kappa shape index (κ2) is 14.7. The minimum absolute atomic E-state index is 0.0547. The number of hydrogen-bond acceptors (Lipinski definition) is 5. The fourth-order valence-corrected chi connectivity index (χ4v) is 5.27. The molecule has 0 saturated heterocycles. The Labute approximate surface area is 250 Å². The van der Waals surface area contributed by atoms with Crippen molar-refractivity contribution in [3.8, 4) is 0 Å². The van der Waals surface area contributed by atoms with Gasteiger partial charge < -0.3 is 24.1 Å². The number of hydrogen-bond donors (Lipinski definition) is 2.